The highest BCUT2D eigenvalue weighted by molar-refractivity contribution is 5.97. The van der Waals surface area contributed by atoms with Gasteiger partial charge >= 0.3 is 0 Å². The number of amides is 2. The van der Waals surface area contributed by atoms with Crippen molar-refractivity contribution in [1.82, 2.24) is 10.6 Å². The maximum Gasteiger partial charge on any atom is 0.255 e. The Kier molecular flexibility index (Phi) is 5.30. The lowest BCUT2D eigenvalue weighted by Gasteiger charge is -2.35. The van der Waals surface area contributed by atoms with Gasteiger partial charge in [-0.05, 0) is 56.4 Å². The molecule has 6 nitrogen and oxygen atoms in total. The van der Waals surface area contributed by atoms with Crippen LogP contribution in [-0.2, 0) is 0 Å². The number of rotatable bonds is 6. The molecule has 1 fully saturated rings. The van der Waals surface area contributed by atoms with Crippen molar-refractivity contribution >= 4 is 11.8 Å². The number of aryl methyl sites for hydroxylation is 2. The molecule has 0 atom stereocenters. The molecular weight excluding hydrogens is 332 g/mol. The molecule has 0 radical (unpaired) electrons. The van der Waals surface area contributed by atoms with Gasteiger partial charge in [0, 0.05) is 12.6 Å². The molecule has 0 spiro atoms. The highest BCUT2D eigenvalue weighted by atomic mass is 16.5. The summed E-state index contributed by atoms with van der Waals surface area (Å²) in [4.78, 5) is 24.4. The van der Waals surface area contributed by atoms with Gasteiger partial charge in [0.1, 0.15) is 17.8 Å². The largest absolute Gasteiger partial charge is 0.496 e. The van der Waals surface area contributed by atoms with Gasteiger partial charge in [-0.3, -0.25) is 9.59 Å². The topological polar surface area (TPSA) is 80.6 Å². The number of hydrogen-bond acceptors (Lipinski definition) is 4. The number of carbonyl (C=O) groups is 2. The van der Waals surface area contributed by atoms with Crippen LogP contribution in [0.3, 0.4) is 0 Å². The molecule has 6 heteroatoms. The molecule has 0 unspecified atom stereocenters. The van der Waals surface area contributed by atoms with E-state index in [1.165, 1.54) is 6.26 Å². The van der Waals surface area contributed by atoms with Crippen LogP contribution in [-0.4, -0.2) is 31.5 Å². The van der Waals surface area contributed by atoms with E-state index in [0.717, 1.165) is 24.2 Å². The summed E-state index contributed by atoms with van der Waals surface area (Å²) in [7, 11) is 1.56. The normalized spacial score (nSPS) is 18.7. The highest BCUT2D eigenvalue weighted by Crippen LogP contribution is 2.27. The lowest BCUT2D eigenvalue weighted by atomic mass is 9.80. The van der Waals surface area contributed by atoms with Crippen LogP contribution in [0.5, 0.6) is 5.75 Å². The van der Waals surface area contributed by atoms with Crippen LogP contribution in [0.1, 0.15) is 44.9 Å². The summed E-state index contributed by atoms with van der Waals surface area (Å²) in [6, 6.07) is 7.39. The van der Waals surface area contributed by atoms with Gasteiger partial charge in [0.15, 0.2) is 0 Å². The SMILES string of the molecule is COc1cc(C)ccc1C(=O)NCC1CC(NC(=O)c2coc(C)c2)C1. The molecule has 2 N–H and O–H groups in total. The second kappa shape index (κ2) is 7.64. The quantitative estimate of drug-likeness (QED) is 0.834. The number of ether oxygens (including phenoxy) is 1. The summed E-state index contributed by atoms with van der Waals surface area (Å²) in [6.07, 6.45) is 3.18. The van der Waals surface area contributed by atoms with E-state index >= 15 is 0 Å². The number of hydrogen-bond donors (Lipinski definition) is 2. The summed E-state index contributed by atoms with van der Waals surface area (Å²) in [5.41, 5.74) is 2.13. The van der Waals surface area contributed by atoms with E-state index in [-0.39, 0.29) is 17.9 Å². The average molecular weight is 356 g/mol. The lowest BCUT2D eigenvalue weighted by molar-refractivity contribution is 0.0861. The first-order valence-corrected chi connectivity index (χ1v) is 8.75. The Morgan fingerprint density at radius 3 is 2.62 bits per heavy atom. The van der Waals surface area contributed by atoms with Crippen molar-refractivity contribution < 1.29 is 18.7 Å². The Balaban J connectivity index is 1.43. The summed E-state index contributed by atoms with van der Waals surface area (Å²) in [5, 5.41) is 5.95. The summed E-state index contributed by atoms with van der Waals surface area (Å²) < 4.78 is 10.4. The molecular formula is C20H24N2O4. The van der Waals surface area contributed by atoms with E-state index in [1.54, 1.807) is 19.2 Å². The molecule has 1 aromatic carbocycles. The predicted octanol–water partition coefficient (Wildman–Crippen LogP) is 2.84. The molecule has 2 amide bonds. The Hall–Kier alpha value is -2.76. The van der Waals surface area contributed by atoms with E-state index in [4.69, 9.17) is 9.15 Å². The van der Waals surface area contributed by atoms with Crippen molar-refractivity contribution in [3.8, 4) is 5.75 Å². The molecule has 1 heterocycles. The van der Waals surface area contributed by atoms with Gasteiger partial charge < -0.3 is 19.8 Å². The van der Waals surface area contributed by atoms with Gasteiger partial charge in [0.25, 0.3) is 11.8 Å². The van der Waals surface area contributed by atoms with E-state index in [2.05, 4.69) is 10.6 Å². The third kappa shape index (κ3) is 4.07. The van der Waals surface area contributed by atoms with Crippen LogP contribution < -0.4 is 15.4 Å². The van der Waals surface area contributed by atoms with E-state index in [1.807, 2.05) is 26.0 Å². The van der Waals surface area contributed by atoms with Gasteiger partial charge in [-0.1, -0.05) is 6.07 Å². The van der Waals surface area contributed by atoms with Gasteiger partial charge in [0.2, 0.25) is 0 Å². The number of carbonyl (C=O) groups excluding carboxylic acids is 2. The standard InChI is InChI=1S/C20H24N2O4/c1-12-4-5-17(18(6-12)25-3)20(24)21-10-14-8-16(9-14)22-19(23)15-7-13(2)26-11-15/h4-7,11,14,16H,8-10H2,1-3H3,(H,21,24)(H,22,23). The van der Waals surface area contributed by atoms with Gasteiger partial charge in [-0.15, -0.1) is 0 Å². The summed E-state index contributed by atoms with van der Waals surface area (Å²) >= 11 is 0. The molecule has 0 bridgehead atoms. The molecule has 1 saturated carbocycles. The first kappa shape index (κ1) is 18.0. The molecule has 1 aliphatic carbocycles. The van der Waals surface area contributed by atoms with Crippen LogP contribution in [0.4, 0.5) is 0 Å². The molecule has 3 rings (SSSR count). The maximum absolute atomic E-state index is 12.4. The molecule has 2 aromatic rings. The van der Waals surface area contributed by atoms with Crippen molar-refractivity contribution in [3.63, 3.8) is 0 Å². The lowest BCUT2D eigenvalue weighted by Crippen LogP contribution is -2.47. The fourth-order valence-electron chi connectivity index (χ4n) is 3.17. The van der Waals surface area contributed by atoms with Gasteiger partial charge in [0.05, 0.1) is 18.2 Å². The van der Waals surface area contributed by atoms with Crippen LogP contribution in [0.25, 0.3) is 0 Å². The molecule has 1 aliphatic rings. The molecule has 1 aromatic heterocycles. The second-order valence-electron chi connectivity index (χ2n) is 6.87. The number of methoxy groups -OCH3 is 1. The Bertz CT molecular complexity index is 806. The van der Waals surface area contributed by atoms with Crippen molar-refractivity contribution in [2.75, 3.05) is 13.7 Å². The number of benzene rings is 1. The predicted molar refractivity (Wildman–Crippen MR) is 97.5 cm³/mol. The zero-order chi connectivity index (χ0) is 18.7. The zero-order valence-electron chi connectivity index (χ0n) is 15.3. The molecule has 0 saturated heterocycles. The third-order valence-electron chi connectivity index (χ3n) is 4.72. The van der Waals surface area contributed by atoms with Gasteiger partial charge in [-0.25, -0.2) is 0 Å². The first-order valence-electron chi connectivity index (χ1n) is 8.75. The molecule has 0 aliphatic heterocycles. The number of furan rings is 1. The third-order valence-corrected chi connectivity index (χ3v) is 4.72. The Morgan fingerprint density at radius 1 is 1.19 bits per heavy atom. The van der Waals surface area contributed by atoms with Crippen molar-refractivity contribution in [3.05, 3.63) is 53.0 Å². The first-order chi connectivity index (χ1) is 12.5. The van der Waals surface area contributed by atoms with Crippen LogP contribution in [0, 0.1) is 19.8 Å². The van der Waals surface area contributed by atoms with Crippen LogP contribution >= 0.6 is 0 Å². The Labute approximate surface area is 152 Å². The molecule has 138 valence electrons. The minimum absolute atomic E-state index is 0.112. The fourth-order valence-corrected chi connectivity index (χ4v) is 3.17. The monoisotopic (exact) mass is 356 g/mol. The maximum atomic E-state index is 12.4. The Morgan fingerprint density at radius 2 is 1.96 bits per heavy atom. The number of nitrogens with one attached hydrogen (secondary N) is 2. The smallest absolute Gasteiger partial charge is 0.255 e. The van der Waals surface area contributed by atoms with Gasteiger partial charge in [-0.2, -0.15) is 0 Å². The molecule has 26 heavy (non-hydrogen) atoms. The van der Waals surface area contributed by atoms with Crippen molar-refractivity contribution in [2.24, 2.45) is 5.92 Å². The van der Waals surface area contributed by atoms with Crippen molar-refractivity contribution in [2.45, 2.75) is 32.7 Å². The average Bonchev–Trinajstić information content (AvgIpc) is 3.02. The fraction of sp³-hybridized carbons (Fsp3) is 0.400. The second-order valence-corrected chi connectivity index (χ2v) is 6.87. The minimum atomic E-state index is -0.136. The van der Waals surface area contributed by atoms with Crippen LogP contribution in [0.2, 0.25) is 0 Å². The van der Waals surface area contributed by atoms with E-state index in [0.29, 0.717) is 29.3 Å². The van der Waals surface area contributed by atoms with Crippen molar-refractivity contribution in [1.29, 1.82) is 0 Å². The van der Waals surface area contributed by atoms with Crippen LogP contribution in [0.15, 0.2) is 34.9 Å². The zero-order valence-corrected chi connectivity index (χ0v) is 15.3. The summed E-state index contributed by atoms with van der Waals surface area (Å²) in [6.45, 7) is 4.35. The highest BCUT2D eigenvalue weighted by Gasteiger charge is 2.31. The van der Waals surface area contributed by atoms with E-state index in [9.17, 15) is 9.59 Å². The van der Waals surface area contributed by atoms with E-state index < -0.39 is 0 Å². The summed E-state index contributed by atoms with van der Waals surface area (Å²) in [5.74, 6) is 1.42. The minimum Gasteiger partial charge on any atom is -0.496 e.